The minimum Gasteiger partial charge on any atom is -0.511 e. The predicted molar refractivity (Wildman–Crippen MR) is 133 cm³/mol. The Hall–Kier alpha value is -3.80. The van der Waals surface area contributed by atoms with Gasteiger partial charge in [0.2, 0.25) is 0 Å². The van der Waals surface area contributed by atoms with Gasteiger partial charge in [0.25, 0.3) is 0 Å². The minimum atomic E-state index is -0.117. The Labute approximate surface area is 204 Å². The van der Waals surface area contributed by atoms with E-state index in [0.717, 1.165) is 23.2 Å². The Morgan fingerprint density at radius 1 is 1.03 bits per heavy atom. The summed E-state index contributed by atoms with van der Waals surface area (Å²) in [6.07, 6.45) is 3.35. The van der Waals surface area contributed by atoms with Gasteiger partial charge in [0.05, 0.1) is 28.2 Å². The number of para-hydroxylation sites is 1. The molecular weight excluding hydrogens is 440 g/mol. The van der Waals surface area contributed by atoms with Gasteiger partial charge in [0.15, 0.2) is 11.6 Å². The van der Waals surface area contributed by atoms with Gasteiger partial charge < -0.3 is 9.63 Å². The van der Waals surface area contributed by atoms with Crippen molar-refractivity contribution in [3.63, 3.8) is 0 Å². The molecule has 1 unspecified atom stereocenters. The fourth-order valence-corrected chi connectivity index (χ4v) is 5.04. The van der Waals surface area contributed by atoms with Crippen LogP contribution in [0.1, 0.15) is 71.0 Å². The van der Waals surface area contributed by atoms with Crippen molar-refractivity contribution in [3.05, 3.63) is 94.1 Å². The monoisotopic (exact) mass is 468 g/mol. The molecule has 6 heteroatoms. The van der Waals surface area contributed by atoms with E-state index in [1.807, 2.05) is 61.5 Å². The summed E-state index contributed by atoms with van der Waals surface area (Å²) in [4.78, 5) is 30.6. The van der Waals surface area contributed by atoms with Gasteiger partial charge in [0, 0.05) is 32.1 Å². The Balaban J connectivity index is 1.48. The molecule has 1 atom stereocenters. The topological polar surface area (TPSA) is 92.8 Å². The Morgan fingerprint density at radius 3 is 2.60 bits per heavy atom. The van der Waals surface area contributed by atoms with Crippen molar-refractivity contribution in [2.24, 2.45) is 4.99 Å². The number of hydrogen-bond acceptors (Lipinski definition) is 6. The zero-order valence-electron chi connectivity index (χ0n) is 19.8. The summed E-state index contributed by atoms with van der Waals surface area (Å²) >= 11 is 0. The summed E-state index contributed by atoms with van der Waals surface area (Å²) in [7, 11) is 0. The first kappa shape index (κ1) is 23.0. The molecule has 0 saturated heterocycles. The minimum absolute atomic E-state index is 0.00296. The van der Waals surface area contributed by atoms with Gasteiger partial charge in [-0.2, -0.15) is 0 Å². The number of carbonyl (C=O) groups excluding carboxylic acids is 2. The second-order valence-electron chi connectivity index (χ2n) is 9.31. The smallest absolute Gasteiger partial charge is 0.168 e. The van der Waals surface area contributed by atoms with Crippen LogP contribution in [0.3, 0.4) is 0 Å². The maximum Gasteiger partial charge on any atom is 0.168 e. The largest absolute Gasteiger partial charge is 0.511 e. The number of nitrogens with zero attached hydrogens (tertiary/aromatic N) is 2. The summed E-state index contributed by atoms with van der Waals surface area (Å²) in [6, 6.07) is 17.7. The molecule has 6 nitrogen and oxygen atoms in total. The third-order valence-corrected chi connectivity index (χ3v) is 6.89. The van der Waals surface area contributed by atoms with Gasteiger partial charge in [-0.05, 0) is 42.9 Å². The first-order chi connectivity index (χ1) is 17.0. The highest BCUT2D eigenvalue weighted by atomic mass is 16.5. The van der Waals surface area contributed by atoms with E-state index in [2.05, 4.69) is 5.16 Å². The number of aliphatic hydroxyl groups is 1. The molecule has 35 heavy (non-hydrogen) atoms. The molecule has 0 bridgehead atoms. The normalized spacial score (nSPS) is 20.7. The lowest BCUT2D eigenvalue weighted by molar-refractivity contribution is -0.116. The summed E-state index contributed by atoms with van der Waals surface area (Å²) in [6.45, 7) is 1.98. The number of allylic oxidation sites excluding steroid dienone is 2. The van der Waals surface area contributed by atoms with Gasteiger partial charge in [-0.1, -0.05) is 53.7 Å². The molecule has 2 aromatic carbocycles. The number of aliphatic hydroxyl groups excluding tert-OH is 1. The fraction of sp³-hybridized carbons (Fsp3) is 0.310. The molecule has 2 aliphatic carbocycles. The SMILES string of the molecule is Cc1ccccc1N=C1CC(c2ccccc2)CC(=O)C1=C(O)CCc1noc2c1C(=O)CCC2. The number of benzene rings is 2. The van der Waals surface area contributed by atoms with E-state index in [0.29, 0.717) is 60.4 Å². The third kappa shape index (κ3) is 4.74. The van der Waals surface area contributed by atoms with Gasteiger partial charge in [0.1, 0.15) is 11.5 Å². The number of aromatic nitrogens is 1. The number of aliphatic imine (C=N–C) groups is 1. The van der Waals surface area contributed by atoms with Crippen LogP contribution in [0.25, 0.3) is 0 Å². The quantitative estimate of drug-likeness (QED) is 0.357. The summed E-state index contributed by atoms with van der Waals surface area (Å²) in [5.74, 6) is 0.547. The van der Waals surface area contributed by atoms with E-state index < -0.39 is 0 Å². The molecule has 1 fully saturated rings. The standard InChI is InChI=1S/C29H28N2O4/c1-18-8-5-6-11-21(18)30-23-16-20(19-9-3-2-4-10-19)17-26(34)28(23)25(33)15-14-22-29-24(32)12-7-13-27(29)35-31-22/h2-6,8-11,20,33H,7,12-17H2,1H3. The third-order valence-electron chi connectivity index (χ3n) is 6.89. The maximum absolute atomic E-state index is 13.4. The molecule has 0 aliphatic heterocycles. The molecular formula is C29H28N2O4. The molecule has 1 aromatic heterocycles. The van der Waals surface area contributed by atoms with Crippen molar-refractivity contribution in [2.45, 2.75) is 57.8 Å². The number of ketones is 2. The van der Waals surface area contributed by atoms with Crippen LogP contribution in [0.15, 0.2) is 75.4 Å². The highest BCUT2D eigenvalue weighted by Crippen LogP contribution is 2.35. The van der Waals surface area contributed by atoms with E-state index in [1.54, 1.807) is 0 Å². The van der Waals surface area contributed by atoms with Crippen LogP contribution >= 0.6 is 0 Å². The summed E-state index contributed by atoms with van der Waals surface area (Å²) in [5, 5.41) is 15.2. The predicted octanol–water partition coefficient (Wildman–Crippen LogP) is 6.17. The Morgan fingerprint density at radius 2 is 1.80 bits per heavy atom. The van der Waals surface area contributed by atoms with Crippen molar-refractivity contribution in [1.82, 2.24) is 5.16 Å². The van der Waals surface area contributed by atoms with Crippen molar-refractivity contribution >= 4 is 23.0 Å². The number of hydrogen-bond donors (Lipinski definition) is 1. The molecule has 0 amide bonds. The second kappa shape index (κ2) is 9.82. The lowest BCUT2D eigenvalue weighted by Gasteiger charge is -2.26. The highest BCUT2D eigenvalue weighted by Gasteiger charge is 2.33. The van der Waals surface area contributed by atoms with E-state index >= 15 is 0 Å². The first-order valence-electron chi connectivity index (χ1n) is 12.2. The average Bonchev–Trinajstić information content (AvgIpc) is 3.29. The molecule has 5 rings (SSSR count). The van der Waals surface area contributed by atoms with Gasteiger partial charge in [-0.15, -0.1) is 0 Å². The average molecular weight is 469 g/mol. The van der Waals surface area contributed by atoms with Gasteiger partial charge >= 0.3 is 0 Å². The first-order valence-corrected chi connectivity index (χ1v) is 12.2. The molecule has 3 aromatic rings. The van der Waals surface area contributed by atoms with E-state index in [9.17, 15) is 14.7 Å². The number of rotatable bonds is 5. The fourth-order valence-electron chi connectivity index (χ4n) is 5.04. The number of fused-ring (bicyclic) bond motifs is 1. The van der Waals surface area contributed by atoms with Crippen LogP contribution in [0.5, 0.6) is 0 Å². The van der Waals surface area contributed by atoms with Crippen molar-refractivity contribution in [3.8, 4) is 0 Å². The van der Waals surface area contributed by atoms with Gasteiger partial charge in [-0.25, -0.2) is 0 Å². The van der Waals surface area contributed by atoms with Crippen LogP contribution in [0.2, 0.25) is 0 Å². The molecule has 0 radical (unpaired) electrons. The lowest BCUT2D eigenvalue weighted by Crippen LogP contribution is -2.26. The zero-order chi connectivity index (χ0) is 24.4. The number of carbonyl (C=O) groups is 2. The molecule has 178 valence electrons. The molecule has 2 aliphatic rings. The van der Waals surface area contributed by atoms with E-state index in [4.69, 9.17) is 9.52 Å². The summed E-state index contributed by atoms with van der Waals surface area (Å²) < 4.78 is 5.37. The van der Waals surface area contributed by atoms with E-state index in [1.165, 1.54) is 0 Å². The van der Waals surface area contributed by atoms with Gasteiger partial charge in [-0.3, -0.25) is 14.6 Å². The van der Waals surface area contributed by atoms with Crippen LogP contribution in [-0.4, -0.2) is 27.5 Å². The van der Waals surface area contributed by atoms with Crippen LogP contribution in [0, 0.1) is 6.92 Å². The van der Waals surface area contributed by atoms with Crippen LogP contribution in [-0.2, 0) is 17.6 Å². The van der Waals surface area contributed by atoms with Crippen LogP contribution in [0.4, 0.5) is 5.69 Å². The molecule has 1 saturated carbocycles. The zero-order valence-corrected chi connectivity index (χ0v) is 19.8. The number of aryl methyl sites for hydroxylation is 3. The Kier molecular flexibility index (Phi) is 6.45. The van der Waals surface area contributed by atoms with Crippen molar-refractivity contribution in [2.75, 3.05) is 0 Å². The molecule has 1 N–H and O–H groups in total. The van der Waals surface area contributed by atoms with Crippen LogP contribution < -0.4 is 0 Å². The maximum atomic E-state index is 13.4. The van der Waals surface area contributed by atoms with Crippen molar-refractivity contribution in [1.29, 1.82) is 0 Å². The summed E-state index contributed by atoms with van der Waals surface area (Å²) in [5.41, 5.74) is 4.88. The lowest BCUT2D eigenvalue weighted by atomic mass is 9.78. The van der Waals surface area contributed by atoms with E-state index in [-0.39, 0.29) is 29.7 Å². The second-order valence-corrected chi connectivity index (χ2v) is 9.31. The molecule has 0 spiro atoms. The highest BCUT2D eigenvalue weighted by molar-refractivity contribution is 6.25. The number of Topliss-reactive ketones (excluding diaryl/α,β-unsaturated/α-hetero) is 2. The molecule has 1 heterocycles. The Bertz CT molecular complexity index is 1330. The van der Waals surface area contributed by atoms with Crippen molar-refractivity contribution < 1.29 is 19.2 Å².